The highest BCUT2D eigenvalue weighted by molar-refractivity contribution is 14.0. The van der Waals surface area contributed by atoms with E-state index in [0.29, 0.717) is 5.92 Å². The highest BCUT2D eigenvalue weighted by Crippen LogP contribution is 2.07. The van der Waals surface area contributed by atoms with Crippen molar-refractivity contribution >= 4 is 29.9 Å². The molecule has 0 atom stereocenters. The number of guanidine groups is 1. The van der Waals surface area contributed by atoms with Crippen molar-refractivity contribution in [3.05, 3.63) is 48.3 Å². The molecule has 6 heteroatoms. The molecule has 0 aliphatic carbocycles. The van der Waals surface area contributed by atoms with E-state index in [2.05, 4.69) is 59.8 Å². The Bertz CT molecular complexity index is 607. The van der Waals surface area contributed by atoms with Gasteiger partial charge in [-0.05, 0) is 37.0 Å². The van der Waals surface area contributed by atoms with Gasteiger partial charge in [-0.3, -0.25) is 4.99 Å². The summed E-state index contributed by atoms with van der Waals surface area (Å²) < 4.78 is 1.91. The van der Waals surface area contributed by atoms with E-state index in [0.717, 1.165) is 37.7 Å². The topological polar surface area (TPSA) is 54.2 Å². The summed E-state index contributed by atoms with van der Waals surface area (Å²) in [7, 11) is 0. The summed E-state index contributed by atoms with van der Waals surface area (Å²) in [6.07, 6.45) is 4.92. The minimum absolute atomic E-state index is 0. The van der Waals surface area contributed by atoms with Crippen molar-refractivity contribution in [1.29, 1.82) is 0 Å². The Balaban J connectivity index is 0.00000288. The maximum atomic E-state index is 4.57. The summed E-state index contributed by atoms with van der Waals surface area (Å²) in [6, 6.07) is 10.2. The molecule has 5 nitrogen and oxygen atoms in total. The van der Waals surface area contributed by atoms with Gasteiger partial charge in [0.2, 0.25) is 0 Å². The maximum absolute atomic E-state index is 4.57. The predicted molar refractivity (Wildman–Crippen MR) is 112 cm³/mol. The fraction of sp³-hybridized carbons (Fsp3) is 0.444. The van der Waals surface area contributed by atoms with Crippen LogP contribution >= 0.6 is 24.0 Å². The first-order valence-electron chi connectivity index (χ1n) is 8.30. The van der Waals surface area contributed by atoms with Gasteiger partial charge in [-0.25, -0.2) is 4.68 Å². The van der Waals surface area contributed by atoms with Gasteiger partial charge in [0.15, 0.2) is 5.96 Å². The molecule has 2 rings (SSSR count). The summed E-state index contributed by atoms with van der Waals surface area (Å²) in [4.78, 5) is 4.57. The maximum Gasteiger partial charge on any atom is 0.191 e. The van der Waals surface area contributed by atoms with E-state index in [1.54, 1.807) is 0 Å². The molecule has 0 spiro atoms. The van der Waals surface area contributed by atoms with E-state index < -0.39 is 0 Å². The second-order valence-corrected chi connectivity index (χ2v) is 5.92. The first-order chi connectivity index (χ1) is 11.2. The van der Waals surface area contributed by atoms with Crippen LogP contribution in [0.15, 0.2) is 47.7 Å². The third-order valence-corrected chi connectivity index (χ3v) is 3.32. The summed E-state index contributed by atoms with van der Waals surface area (Å²) in [5.41, 5.74) is 2.29. The Morgan fingerprint density at radius 3 is 2.62 bits per heavy atom. The van der Waals surface area contributed by atoms with E-state index in [-0.39, 0.29) is 24.0 Å². The largest absolute Gasteiger partial charge is 0.357 e. The Morgan fingerprint density at radius 2 is 1.96 bits per heavy atom. The molecule has 0 radical (unpaired) electrons. The van der Waals surface area contributed by atoms with Crippen molar-refractivity contribution in [1.82, 2.24) is 20.4 Å². The van der Waals surface area contributed by atoms with Crippen LogP contribution < -0.4 is 10.6 Å². The van der Waals surface area contributed by atoms with E-state index in [4.69, 9.17) is 0 Å². The van der Waals surface area contributed by atoms with Crippen LogP contribution in [0.4, 0.5) is 0 Å². The average molecular weight is 441 g/mol. The molecule has 1 aromatic carbocycles. The highest BCUT2D eigenvalue weighted by Gasteiger charge is 2.02. The van der Waals surface area contributed by atoms with Gasteiger partial charge >= 0.3 is 0 Å². The van der Waals surface area contributed by atoms with Gasteiger partial charge in [0.05, 0.1) is 11.9 Å². The van der Waals surface area contributed by atoms with Gasteiger partial charge in [-0.15, -0.1) is 24.0 Å². The van der Waals surface area contributed by atoms with Gasteiger partial charge in [0.1, 0.15) is 0 Å². The molecule has 0 saturated heterocycles. The lowest BCUT2D eigenvalue weighted by Crippen LogP contribution is -2.38. The molecule has 0 amide bonds. The molecule has 24 heavy (non-hydrogen) atoms. The fourth-order valence-electron chi connectivity index (χ4n) is 2.15. The number of aliphatic imine (C=N–C) groups is 1. The number of nitrogens with one attached hydrogen (secondary N) is 2. The van der Waals surface area contributed by atoms with Crippen molar-refractivity contribution in [2.75, 3.05) is 19.6 Å². The van der Waals surface area contributed by atoms with Gasteiger partial charge < -0.3 is 10.6 Å². The number of rotatable bonds is 7. The third kappa shape index (κ3) is 6.90. The summed E-state index contributed by atoms with van der Waals surface area (Å²) >= 11 is 0. The van der Waals surface area contributed by atoms with Crippen LogP contribution in [0.2, 0.25) is 0 Å². The van der Waals surface area contributed by atoms with E-state index >= 15 is 0 Å². The normalized spacial score (nSPS) is 11.2. The molecule has 0 saturated carbocycles. The molecule has 0 unspecified atom stereocenters. The number of hydrogen-bond donors (Lipinski definition) is 2. The standard InChI is InChI=1S/C18H27N5.HI/c1-4-19-18(21-12-15(2)3)20-11-10-16-13-22-23(14-16)17-8-6-5-7-9-17;/h5-9,13-15H,4,10-12H2,1-3H3,(H2,19,20,21);1H. The van der Waals surface area contributed by atoms with Gasteiger partial charge in [-0.2, -0.15) is 5.10 Å². The first kappa shape index (κ1) is 20.5. The second kappa shape index (κ2) is 11.1. The molecule has 0 fully saturated rings. The number of para-hydroxylation sites is 1. The molecule has 2 N–H and O–H groups in total. The number of aromatic nitrogens is 2. The van der Waals surface area contributed by atoms with Crippen LogP contribution in [0.3, 0.4) is 0 Å². The zero-order valence-corrected chi connectivity index (χ0v) is 17.0. The van der Waals surface area contributed by atoms with Crippen LogP contribution in [0.25, 0.3) is 5.69 Å². The Morgan fingerprint density at radius 1 is 1.21 bits per heavy atom. The smallest absolute Gasteiger partial charge is 0.191 e. The molecule has 1 heterocycles. The van der Waals surface area contributed by atoms with Crippen LogP contribution in [-0.2, 0) is 6.42 Å². The highest BCUT2D eigenvalue weighted by atomic mass is 127. The third-order valence-electron chi connectivity index (χ3n) is 3.32. The lowest BCUT2D eigenvalue weighted by Gasteiger charge is -2.11. The lowest BCUT2D eigenvalue weighted by molar-refractivity contribution is 0.656. The number of hydrogen-bond acceptors (Lipinski definition) is 2. The van der Waals surface area contributed by atoms with Crippen LogP contribution in [0.1, 0.15) is 26.3 Å². The number of nitrogens with zero attached hydrogens (tertiary/aromatic N) is 3. The SMILES string of the molecule is CCNC(=NCC(C)C)NCCc1cnn(-c2ccccc2)c1.I. The fourth-order valence-corrected chi connectivity index (χ4v) is 2.15. The average Bonchev–Trinajstić information content (AvgIpc) is 3.02. The van der Waals surface area contributed by atoms with E-state index in [1.165, 1.54) is 5.56 Å². The van der Waals surface area contributed by atoms with Crippen molar-refractivity contribution in [2.24, 2.45) is 10.9 Å². The summed E-state index contributed by atoms with van der Waals surface area (Å²) in [6.45, 7) is 8.97. The zero-order chi connectivity index (χ0) is 16.5. The van der Waals surface area contributed by atoms with E-state index in [1.807, 2.05) is 29.1 Å². The van der Waals surface area contributed by atoms with Crippen molar-refractivity contribution in [2.45, 2.75) is 27.2 Å². The minimum Gasteiger partial charge on any atom is -0.357 e. The zero-order valence-electron chi connectivity index (χ0n) is 14.7. The van der Waals surface area contributed by atoms with Crippen molar-refractivity contribution in [3.63, 3.8) is 0 Å². The quantitative estimate of drug-likeness (QED) is 0.394. The number of halogens is 1. The van der Waals surface area contributed by atoms with Crippen LogP contribution in [-0.4, -0.2) is 35.4 Å². The Hall–Kier alpha value is -1.57. The summed E-state index contributed by atoms with van der Waals surface area (Å²) in [5, 5.41) is 11.1. The van der Waals surface area contributed by atoms with Gasteiger partial charge in [-0.1, -0.05) is 32.0 Å². The molecule has 132 valence electrons. The van der Waals surface area contributed by atoms with Crippen molar-refractivity contribution in [3.8, 4) is 5.69 Å². The number of benzene rings is 1. The molecular formula is C18H28IN5. The van der Waals surface area contributed by atoms with E-state index in [9.17, 15) is 0 Å². The summed E-state index contributed by atoms with van der Waals surface area (Å²) in [5.74, 6) is 1.45. The van der Waals surface area contributed by atoms with Crippen LogP contribution in [0, 0.1) is 5.92 Å². The minimum atomic E-state index is 0. The lowest BCUT2D eigenvalue weighted by atomic mass is 10.2. The molecule has 1 aromatic heterocycles. The Kier molecular flexibility index (Phi) is 9.44. The molecule has 2 aromatic rings. The van der Waals surface area contributed by atoms with Crippen LogP contribution in [0.5, 0.6) is 0 Å². The monoisotopic (exact) mass is 441 g/mol. The molecule has 0 aliphatic heterocycles. The first-order valence-corrected chi connectivity index (χ1v) is 8.30. The van der Waals surface area contributed by atoms with Crippen molar-refractivity contribution < 1.29 is 0 Å². The molecule has 0 aliphatic rings. The molecule has 0 bridgehead atoms. The van der Waals surface area contributed by atoms with Gasteiger partial charge in [0, 0.05) is 25.8 Å². The Labute approximate surface area is 162 Å². The second-order valence-electron chi connectivity index (χ2n) is 5.92. The van der Waals surface area contributed by atoms with Gasteiger partial charge in [0.25, 0.3) is 0 Å². The molecular weight excluding hydrogens is 413 g/mol. The predicted octanol–water partition coefficient (Wildman–Crippen LogP) is 3.24.